The van der Waals surface area contributed by atoms with Crippen molar-refractivity contribution in [1.82, 2.24) is 9.97 Å². The van der Waals surface area contributed by atoms with Crippen LogP contribution in [0, 0.1) is 6.92 Å². The fraction of sp³-hybridized carbons (Fsp3) is 0.471. The molecule has 124 valence electrons. The molecule has 1 aromatic heterocycles. The van der Waals surface area contributed by atoms with Crippen LogP contribution in [-0.2, 0) is 9.53 Å². The zero-order chi connectivity index (χ0) is 17.0. The van der Waals surface area contributed by atoms with E-state index in [2.05, 4.69) is 15.3 Å². The summed E-state index contributed by atoms with van der Waals surface area (Å²) in [6.07, 6.45) is 1.82. The van der Waals surface area contributed by atoms with Crippen LogP contribution in [0.5, 0.6) is 0 Å². The number of aromatic nitrogens is 2. The van der Waals surface area contributed by atoms with Gasteiger partial charge in [0.2, 0.25) is 0 Å². The highest BCUT2D eigenvalue weighted by Gasteiger charge is 2.29. The van der Waals surface area contributed by atoms with E-state index < -0.39 is 5.54 Å². The van der Waals surface area contributed by atoms with Crippen molar-refractivity contribution in [3.8, 4) is 0 Å². The number of anilines is 1. The van der Waals surface area contributed by atoms with Gasteiger partial charge in [-0.2, -0.15) is 0 Å². The molecule has 0 saturated carbocycles. The van der Waals surface area contributed by atoms with Crippen molar-refractivity contribution in [3.63, 3.8) is 0 Å². The molecule has 0 fully saturated rings. The molecule has 2 N–H and O–H groups in total. The van der Waals surface area contributed by atoms with E-state index in [-0.39, 0.29) is 11.5 Å². The zero-order valence-electron chi connectivity index (χ0n) is 14.0. The first-order chi connectivity index (χ1) is 10.8. The summed E-state index contributed by atoms with van der Waals surface area (Å²) < 4.78 is 5.26. The summed E-state index contributed by atoms with van der Waals surface area (Å²) in [6.45, 7) is 7.70. The van der Waals surface area contributed by atoms with Gasteiger partial charge in [0, 0.05) is 5.69 Å². The first-order valence-corrected chi connectivity index (χ1v) is 7.79. The number of carbonyl (C=O) groups excluding carboxylic acids is 1. The maximum Gasteiger partial charge on any atom is 0.331 e. The topological polar surface area (TPSA) is 84.1 Å². The van der Waals surface area contributed by atoms with E-state index in [1.807, 2.05) is 6.92 Å². The lowest BCUT2D eigenvalue weighted by Gasteiger charge is -2.25. The van der Waals surface area contributed by atoms with Gasteiger partial charge in [-0.15, -0.1) is 0 Å². The van der Waals surface area contributed by atoms with Crippen LogP contribution in [0.4, 0.5) is 5.69 Å². The van der Waals surface area contributed by atoms with E-state index >= 15 is 0 Å². The number of rotatable bonds is 6. The van der Waals surface area contributed by atoms with Gasteiger partial charge in [-0.3, -0.25) is 4.79 Å². The highest BCUT2D eigenvalue weighted by Crippen LogP contribution is 2.20. The lowest BCUT2D eigenvalue weighted by atomic mass is 10.1. The number of esters is 1. The lowest BCUT2D eigenvalue weighted by Crippen LogP contribution is -2.41. The maximum absolute atomic E-state index is 12.2. The van der Waals surface area contributed by atoms with E-state index in [0.717, 1.165) is 12.8 Å². The van der Waals surface area contributed by atoms with Crippen molar-refractivity contribution in [1.29, 1.82) is 0 Å². The minimum Gasteiger partial charge on any atom is -0.464 e. The third-order valence-corrected chi connectivity index (χ3v) is 3.52. The number of unbranched alkanes of at least 4 members (excludes halogenated alkanes) is 1. The van der Waals surface area contributed by atoms with Crippen molar-refractivity contribution < 1.29 is 9.53 Å². The average Bonchev–Trinajstić information content (AvgIpc) is 2.47. The number of nitrogens with zero attached hydrogens (tertiary/aromatic N) is 1. The van der Waals surface area contributed by atoms with Crippen molar-refractivity contribution in [2.75, 3.05) is 11.9 Å². The zero-order valence-corrected chi connectivity index (χ0v) is 14.0. The lowest BCUT2D eigenvalue weighted by molar-refractivity contribution is -0.148. The standard InChI is InChI=1S/C17H23N3O3/c1-5-6-9-23-16(22)17(3,4)20-12-7-8-14-13(10-12)15(21)19-11(2)18-14/h7-8,10,20H,5-6,9H2,1-4H3,(H,18,19,21). The van der Waals surface area contributed by atoms with Crippen molar-refractivity contribution in [2.45, 2.75) is 46.1 Å². The normalized spacial score (nSPS) is 11.5. The molecule has 0 aliphatic heterocycles. The van der Waals surface area contributed by atoms with Crippen molar-refractivity contribution in [2.24, 2.45) is 0 Å². The fourth-order valence-electron chi connectivity index (χ4n) is 2.23. The summed E-state index contributed by atoms with van der Waals surface area (Å²) >= 11 is 0. The molecule has 0 aliphatic rings. The van der Waals surface area contributed by atoms with Gasteiger partial charge >= 0.3 is 5.97 Å². The Kier molecular flexibility index (Phi) is 5.03. The Morgan fingerprint density at radius 2 is 2.13 bits per heavy atom. The summed E-state index contributed by atoms with van der Waals surface area (Å²) in [6, 6.07) is 5.26. The molecule has 2 aromatic rings. The van der Waals surface area contributed by atoms with E-state index in [1.54, 1.807) is 39.0 Å². The van der Waals surface area contributed by atoms with Gasteiger partial charge < -0.3 is 15.0 Å². The van der Waals surface area contributed by atoms with Crippen LogP contribution in [0.15, 0.2) is 23.0 Å². The molecule has 0 unspecified atom stereocenters. The Hall–Kier alpha value is -2.37. The molecule has 6 nitrogen and oxygen atoms in total. The molecule has 1 heterocycles. The third kappa shape index (κ3) is 4.09. The molecule has 0 saturated heterocycles. The first-order valence-electron chi connectivity index (χ1n) is 7.79. The number of ether oxygens (including phenoxy) is 1. The van der Waals surface area contributed by atoms with Crippen LogP contribution < -0.4 is 10.9 Å². The van der Waals surface area contributed by atoms with Gasteiger partial charge in [0.1, 0.15) is 11.4 Å². The van der Waals surface area contributed by atoms with Gasteiger partial charge in [0.15, 0.2) is 0 Å². The first kappa shape index (κ1) is 17.0. The minimum atomic E-state index is -0.883. The van der Waals surface area contributed by atoms with Gasteiger partial charge in [-0.25, -0.2) is 9.78 Å². The third-order valence-electron chi connectivity index (χ3n) is 3.52. The molecular weight excluding hydrogens is 294 g/mol. The Labute approximate surface area is 135 Å². The van der Waals surface area contributed by atoms with E-state index in [9.17, 15) is 9.59 Å². The number of carbonyl (C=O) groups is 1. The Bertz CT molecular complexity index is 765. The molecule has 0 atom stereocenters. The smallest absolute Gasteiger partial charge is 0.331 e. The summed E-state index contributed by atoms with van der Waals surface area (Å²) in [5.41, 5.74) is 0.220. The largest absolute Gasteiger partial charge is 0.464 e. The van der Waals surface area contributed by atoms with Crippen LogP contribution in [0.3, 0.4) is 0 Å². The summed E-state index contributed by atoms with van der Waals surface area (Å²) in [5.74, 6) is 0.255. The maximum atomic E-state index is 12.2. The number of fused-ring (bicyclic) bond motifs is 1. The number of hydrogen-bond donors (Lipinski definition) is 2. The molecule has 0 radical (unpaired) electrons. The molecule has 1 aromatic carbocycles. The van der Waals surface area contributed by atoms with E-state index in [0.29, 0.717) is 29.0 Å². The summed E-state index contributed by atoms with van der Waals surface area (Å²) in [5, 5.41) is 3.61. The Morgan fingerprint density at radius 3 is 2.83 bits per heavy atom. The van der Waals surface area contributed by atoms with Crippen LogP contribution in [0.2, 0.25) is 0 Å². The number of aryl methyl sites for hydroxylation is 1. The summed E-state index contributed by atoms with van der Waals surface area (Å²) in [7, 11) is 0. The van der Waals surface area contributed by atoms with E-state index in [1.165, 1.54) is 0 Å². The van der Waals surface area contributed by atoms with E-state index in [4.69, 9.17) is 4.74 Å². The molecule has 0 bridgehead atoms. The van der Waals surface area contributed by atoms with Gasteiger partial charge in [0.25, 0.3) is 5.56 Å². The van der Waals surface area contributed by atoms with Crippen LogP contribution in [0.25, 0.3) is 10.9 Å². The quantitative estimate of drug-likeness (QED) is 0.632. The van der Waals surface area contributed by atoms with Gasteiger partial charge in [-0.05, 0) is 45.4 Å². The highest BCUT2D eigenvalue weighted by atomic mass is 16.5. The predicted octanol–water partition coefficient (Wildman–Crippen LogP) is 2.77. The number of benzene rings is 1. The Balaban J connectivity index is 2.20. The molecule has 6 heteroatoms. The molecule has 23 heavy (non-hydrogen) atoms. The SMILES string of the molecule is CCCCOC(=O)C(C)(C)Nc1ccc2nc(C)[nH]c(=O)c2c1. The van der Waals surface area contributed by atoms with Gasteiger partial charge in [-0.1, -0.05) is 13.3 Å². The second-order valence-electron chi connectivity index (χ2n) is 6.12. The molecule has 2 rings (SSSR count). The van der Waals surface area contributed by atoms with Crippen LogP contribution in [0.1, 0.15) is 39.4 Å². The number of nitrogens with one attached hydrogen (secondary N) is 2. The summed E-state index contributed by atoms with van der Waals surface area (Å²) in [4.78, 5) is 31.1. The highest BCUT2D eigenvalue weighted by molar-refractivity contribution is 5.86. The second-order valence-corrected chi connectivity index (χ2v) is 6.12. The van der Waals surface area contributed by atoms with Crippen molar-refractivity contribution >= 4 is 22.6 Å². The molecule has 0 amide bonds. The van der Waals surface area contributed by atoms with Crippen molar-refractivity contribution in [3.05, 3.63) is 34.4 Å². The number of hydrogen-bond acceptors (Lipinski definition) is 5. The second kappa shape index (κ2) is 6.81. The Morgan fingerprint density at radius 1 is 1.39 bits per heavy atom. The molecular formula is C17H23N3O3. The van der Waals surface area contributed by atoms with Gasteiger partial charge in [0.05, 0.1) is 17.5 Å². The predicted molar refractivity (Wildman–Crippen MR) is 90.7 cm³/mol. The molecule has 0 spiro atoms. The average molecular weight is 317 g/mol. The van der Waals surface area contributed by atoms with Crippen LogP contribution >= 0.6 is 0 Å². The molecule has 0 aliphatic carbocycles. The monoisotopic (exact) mass is 317 g/mol. The van der Waals surface area contributed by atoms with Crippen LogP contribution in [-0.4, -0.2) is 28.1 Å². The number of H-pyrrole nitrogens is 1. The number of aromatic amines is 1. The minimum absolute atomic E-state index is 0.195. The fourth-order valence-corrected chi connectivity index (χ4v) is 2.23.